The second-order valence-electron chi connectivity index (χ2n) is 5.53. The summed E-state index contributed by atoms with van der Waals surface area (Å²) in [7, 11) is 0. The highest BCUT2D eigenvalue weighted by atomic mass is 16.2. The standard InChI is InChI=1S/C17H21N3O/c1-2-18-14-8-5-11-20(12-14)17(21)15-9-3-6-13-7-4-10-19-16(13)15/h3-4,6-7,9-10,14,18H,2,5,8,11-12H2,1H3. The van der Waals surface area contributed by atoms with Gasteiger partial charge in [0, 0.05) is 30.7 Å². The molecule has 1 aliphatic rings. The summed E-state index contributed by atoms with van der Waals surface area (Å²) in [6, 6.07) is 10.1. The van der Waals surface area contributed by atoms with E-state index in [2.05, 4.69) is 17.2 Å². The quantitative estimate of drug-likeness (QED) is 0.941. The molecular weight excluding hydrogens is 262 g/mol. The number of likely N-dealkylation sites (tertiary alicyclic amines) is 1. The van der Waals surface area contributed by atoms with Crippen molar-refractivity contribution in [3.8, 4) is 0 Å². The molecule has 0 spiro atoms. The molecule has 4 nitrogen and oxygen atoms in total. The fraction of sp³-hybridized carbons (Fsp3) is 0.412. The molecule has 0 radical (unpaired) electrons. The van der Waals surface area contributed by atoms with Crippen molar-refractivity contribution in [3.05, 3.63) is 42.1 Å². The number of carbonyl (C=O) groups is 1. The summed E-state index contributed by atoms with van der Waals surface area (Å²) in [5.74, 6) is 0.0990. The Morgan fingerprint density at radius 3 is 3.10 bits per heavy atom. The maximum absolute atomic E-state index is 12.8. The number of pyridine rings is 1. The lowest BCUT2D eigenvalue weighted by atomic mass is 10.0. The second-order valence-corrected chi connectivity index (χ2v) is 5.53. The highest BCUT2D eigenvalue weighted by Crippen LogP contribution is 2.20. The van der Waals surface area contributed by atoms with Crippen LogP contribution < -0.4 is 5.32 Å². The molecule has 1 aromatic heterocycles. The van der Waals surface area contributed by atoms with E-state index in [-0.39, 0.29) is 5.91 Å². The van der Waals surface area contributed by atoms with Gasteiger partial charge in [0.05, 0.1) is 11.1 Å². The van der Waals surface area contributed by atoms with Gasteiger partial charge in [-0.1, -0.05) is 25.1 Å². The van der Waals surface area contributed by atoms with Crippen LogP contribution in [0.1, 0.15) is 30.1 Å². The Kier molecular flexibility index (Phi) is 4.15. The Hall–Kier alpha value is -1.94. The van der Waals surface area contributed by atoms with Gasteiger partial charge in [0.25, 0.3) is 5.91 Å². The lowest BCUT2D eigenvalue weighted by Gasteiger charge is -2.33. The molecule has 0 aliphatic carbocycles. The summed E-state index contributed by atoms with van der Waals surface area (Å²) < 4.78 is 0. The van der Waals surface area contributed by atoms with E-state index in [1.165, 1.54) is 0 Å². The molecule has 21 heavy (non-hydrogen) atoms. The van der Waals surface area contributed by atoms with Gasteiger partial charge in [0.15, 0.2) is 0 Å². The number of hydrogen-bond acceptors (Lipinski definition) is 3. The molecule has 3 rings (SSSR count). The lowest BCUT2D eigenvalue weighted by molar-refractivity contribution is 0.0697. The Morgan fingerprint density at radius 2 is 2.24 bits per heavy atom. The molecule has 1 amide bonds. The fourth-order valence-corrected chi connectivity index (χ4v) is 3.06. The molecule has 4 heteroatoms. The fourth-order valence-electron chi connectivity index (χ4n) is 3.06. The van der Waals surface area contributed by atoms with E-state index >= 15 is 0 Å². The first-order chi connectivity index (χ1) is 10.3. The SMILES string of the molecule is CCNC1CCCN(C(=O)c2cccc3cccnc23)C1. The van der Waals surface area contributed by atoms with Crippen LogP contribution in [0.2, 0.25) is 0 Å². The number of aromatic nitrogens is 1. The Morgan fingerprint density at radius 1 is 1.38 bits per heavy atom. The molecule has 2 heterocycles. The number of amides is 1. The van der Waals surface area contributed by atoms with Gasteiger partial charge in [-0.25, -0.2) is 0 Å². The summed E-state index contributed by atoms with van der Waals surface area (Å²) >= 11 is 0. The van der Waals surface area contributed by atoms with Crippen LogP contribution in [0.25, 0.3) is 10.9 Å². The van der Waals surface area contributed by atoms with Crippen molar-refractivity contribution < 1.29 is 4.79 Å². The summed E-state index contributed by atoms with van der Waals surface area (Å²) in [5.41, 5.74) is 1.51. The molecule has 1 aromatic carbocycles. The van der Waals surface area contributed by atoms with Crippen LogP contribution in [0, 0.1) is 0 Å². The second kappa shape index (κ2) is 6.22. The summed E-state index contributed by atoms with van der Waals surface area (Å²) in [6.07, 6.45) is 3.95. The van der Waals surface area contributed by atoms with E-state index in [0.717, 1.165) is 43.4 Å². The number of nitrogens with one attached hydrogen (secondary N) is 1. The minimum atomic E-state index is 0.0990. The number of carbonyl (C=O) groups excluding carboxylic acids is 1. The number of nitrogens with zero attached hydrogens (tertiary/aromatic N) is 2. The third-order valence-corrected chi connectivity index (χ3v) is 4.06. The van der Waals surface area contributed by atoms with Crippen LogP contribution in [0.4, 0.5) is 0 Å². The van der Waals surface area contributed by atoms with Gasteiger partial charge in [-0.2, -0.15) is 0 Å². The number of benzene rings is 1. The third kappa shape index (κ3) is 2.90. The number of likely N-dealkylation sites (N-methyl/N-ethyl adjacent to an activating group) is 1. The zero-order chi connectivity index (χ0) is 14.7. The van der Waals surface area contributed by atoms with Gasteiger partial charge in [0.1, 0.15) is 0 Å². The van der Waals surface area contributed by atoms with E-state index in [0.29, 0.717) is 11.6 Å². The average Bonchev–Trinajstić information content (AvgIpc) is 2.54. The Bertz CT molecular complexity index is 633. The molecule has 0 bridgehead atoms. The van der Waals surface area contributed by atoms with Crippen molar-refractivity contribution in [3.63, 3.8) is 0 Å². The average molecular weight is 283 g/mol. The van der Waals surface area contributed by atoms with Crippen molar-refractivity contribution in [1.82, 2.24) is 15.2 Å². The van der Waals surface area contributed by atoms with Gasteiger partial charge < -0.3 is 10.2 Å². The number of piperidine rings is 1. The molecule has 1 N–H and O–H groups in total. The lowest BCUT2D eigenvalue weighted by Crippen LogP contribution is -2.48. The van der Waals surface area contributed by atoms with E-state index in [4.69, 9.17) is 0 Å². The highest BCUT2D eigenvalue weighted by molar-refractivity contribution is 6.05. The number of hydrogen-bond donors (Lipinski definition) is 1. The van der Waals surface area contributed by atoms with E-state index in [1.54, 1.807) is 6.20 Å². The van der Waals surface area contributed by atoms with Gasteiger partial charge in [0.2, 0.25) is 0 Å². The number of para-hydroxylation sites is 1. The van der Waals surface area contributed by atoms with E-state index in [1.807, 2.05) is 35.2 Å². The molecule has 2 aromatic rings. The van der Waals surface area contributed by atoms with Crippen LogP contribution in [0.15, 0.2) is 36.5 Å². The Labute approximate surface area is 125 Å². The molecular formula is C17H21N3O. The smallest absolute Gasteiger partial charge is 0.256 e. The summed E-state index contributed by atoms with van der Waals surface area (Å²) in [5, 5.41) is 4.47. The van der Waals surface area contributed by atoms with Crippen molar-refractivity contribution in [2.75, 3.05) is 19.6 Å². The van der Waals surface area contributed by atoms with Crippen molar-refractivity contribution in [2.45, 2.75) is 25.8 Å². The topological polar surface area (TPSA) is 45.2 Å². The van der Waals surface area contributed by atoms with Crippen molar-refractivity contribution in [2.24, 2.45) is 0 Å². The minimum Gasteiger partial charge on any atom is -0.337 e. The zero-order valence-corrected chi connectivity index (χ0v) is 12.4. The minimum absolute atomic E-state index is 0.0990. The van der Waals surface area contributed by atoms with Crippen LogP contribution in [-0.4, -0.2) is 41.5 Å². The van der Waals surface area contributed by atoms with Gasteiger partial charge in [-0.3, -0.25) is 9.78 Å². The van der Waals surface area contributed by atoms with E-state index < -0.39 is 0 Å². The monoisotopic (exact) mass is 283 g/mol. The molecule has 1 aliphatic heterocycles. The van der Waals surface area contributed by atoms with Crippen LogP contribution >= 0.6 is 0 Å². The Balaban J connectivity index is 1.86. The van der Waals surface area contributed by atoms with Crippen molar-refractivity contribution >= 4 is 16.8 Å². The zero-order valence-electron chi connectivity index (χ0n) is 12.4. The van der Waals surface area contributed by atoms with Crippen LogP contribution in [0.3, 0.4) is 0 Å². The molecule has 1 saturated heterocycles. The predicted octanol–water partition coefficient (Wildman–Crippen LogP) is 2.45. The molecule has 1 atom stereocenters. The van der Waals surface area contributed by atoms with Gasteiger partial charge in [-0.15, -0.1) is 0 Å². The van der Waals surface area contributed by atoms with Gasteiger partial charge in [-0.05, 0) is 31.5 Å². The van der Waals surface area contributed by atoms with Crippen molar-refractivity contribution in [1.29, 1.82) is 0 Å². The largest absolute Gasteiger partial charge is 0.337 e. The third-order valence-electron chi connectivity index (χ3n) is 4.06. The van der Waals surface area contributed by atoms with Gasteiger partial charge >= 0.3 is 0 Å². The maximum atomic E-state index is 12.8. The predicted molar refractivity (Wildman–Crippen MR) is 84.3 cm³/mol. The van der Waals surface area contributed by atoms with E-state index in [9.17, 15) is 4.79 Å². The molecule has 1 fully saturated rings. The normalized spacial score (nSPS) is 18.9. The summed E-state index contributed by atoms with van der Waals surface area (Å²) in [4.78, 5) is 19.2. The number of fused-ring (bicyclic) bond motifs is 1. The molecule has 110 valence electrons. The maximum Gasteiger partial charge on any atom is 0.256 e. The first-order valence-electron chi connectivity index (χ1n) is 7.66. The van der Waals surface area contributed by atoms with Crippen LogP contribution in [-0.2, 0) is 0 Å². The molecule has 0 saturated carbocycles. The molecule has 1 unspecified atom stereocenters. The number of rotatable bonds is 3. The first-order valence-corrected chi connectivity index (χ1v) is 7.66. The van der Waals surface area contributed by atoms with Crippen LogP contribution in [0.5, 0.6) is 0 Å². The summed E-state index contributed by atoms with van der Waals surface area (Å²) in [6.45, 7) is 4.68. The first kappa shape index (κ1) is 14.0. The highest BCUT2D eigenvalue weighted by Gasteiger charge is 2.25.